The first-order chi connectivity index (χ1) is 20.7. The first-order valence-corrected chi connectivity index (χ1v) is 16.1. The Bertz CT molecular complexity index is 1380. The number of rotatable bonds is 14. The number of aromatic nitrogens is 3. The van der Waals surface area contributed by atoms with Gasteiger partial charge in [-0.3, -0.25) is 14.4 Å². The molecule has 232 valence electrons. The molecule has 2 aromatic rings. The Morgan fingerprint density at radius 3 is 2.74 bits per heavy atom. The number of amides is 2. The highest BCUT2D eigenvalue weighted by atomic mass is 32.2. The number of para-hydroxylation sites is 1. The van der Waals surface area contributed by atoms with Crippen LogP contribution in [0.5, 0.6) is 0 Å². The van der Waals surface area contributed by atoms with Crippen molar-refractivity contribution in [2.45, 2.75) is 75.2 Å². The van der Waals surface area contributed by atoms with E-state index in [4.69, 9.17) is 4.74 Å². The lowest BCUT2D eigenvalue weighted by Crippen LogP contribution is -2.59. The minimum Gasteiger partial charge on any atom is -0.465 e. The van der Waals surface area contributed by atoms with Gasteiger partial charge in [0.15, 0.2) is 0 Å². The minimum absolute atomic E-state index is 0.00334. The first kappa shape index (κ1) is 31.3. The molecule has 5 rings (SSSR count). The highest BCUT2D eigenvalue weighted by Crippen LogP contribution is 2.69. The summed E-state index contributed by atoms with van der Waals surface area (Å²) in [4.78, 5) is 46.2. The zero-order valence-corrected chi connectivity index (χ0v) is 26.1. The molecular weight excluding hydrogens is 566 g/mol. The van der Waals surface area contributed by atoms with Crippen LogP contribution >= 0.6 is 11.8 Å². The van der Waals surface area contributed by atoms with Crippen LogP contribution in [0, 0.1) is 23.7 Å². The fourth-order valence-corrected chi connectivity index (χ4v) is 9.84. The second-order valence-corrected chi connectivity index (χ2v) is 14.0. The molecule has 11 heteroatoms. The number of hydrogen-bond acceptors (Lipinski definition) is 8. The number of aliphatic hydroxyl groups excluding tert-OH is 1. The van der Waals surface area contributed by atoms with Gasteiger partial charge in [0.05, 0.1) is 41.4 Å². The maximum Gasteiger partial charge on any atom is 0.310 e. The van der Waals surface area contributed by atoms with E-state index in [1.165, 1.54) is 0 Å². The van der Waals surface area contributed by atoms with Gasteiger partial charge in [-0.1, -0.05) is 50.3 Å². The number of unbranched alkanes of at least 4 members (excludes halogenated alkanes) is 1. The van der Waals surface area contributed by atoms with E-state index < -0.39 is 28.7 Å². The molecule has 7 atom stereocenters. The number of allylic oxidation sites excluding steroid dienone is 1. The molecule has 1 aromatic heterocycles. The van der Waals surface area contributed by atoms with E-state index in [1.807, 2.05) is 38.1 Å². The monoisotopic (exact) mass is 609 g/mol. The number of fused-ring (bicyclic) bond motifs is 2. The zero-order valence-electron chi connectivity index (χ0n) is 25.3. The van der Waals surface area contributed by atoms with Crippen LogP contribution in [0.25, 0.3) is 11.0 Å². The summed E-state index contributed by atoms with van der Waals surface area (Å²) >= 11 is 1.61. The molecule has 0 aliphatic carbocycles. The Hall–Kier alpha value is -3.18. The number of nitrogens with zero attached hydrogens (tertiary/aromatic N) is 5. The first-order valence-electron chi connectivity index (χ1n) is 15.3. The highest BCUT2D eigenvalue weighted by Gasteiger charge is 2.77. The summed E-state index contributed by atoms with van der Waals surface area (Å²) in [5.41, 5.74) is 1.51. The van der Waals surface area contributed by atoms with Crippen molar-refractivity contribution >= 4 is 40.6 Å². The van der Waals surface area contributed by atoms with Crippen LogP contribution in [-0.4, -0.2) is 89.5 Å². The summed E-state index contributed by atoms with van der Waals surface area (Å²) in [7, 11) is 0. The highest BCUT2D eigenvalue weighted by molar-refractivity contribution is 8.02. The molecular formula is C32H43N5O5S. The lowest BCUT2D eigenvalue weighted by Gasteiger charge is -2.42. The standard InChI is InChI=1S/C32H43N5O5S/c1-6-8-11-15-42-31(41)26-25-17-21(5)32(43-25)27(26)29(39)37(22(18-38)16-20(3)4)28(32)30(40)35(14-7-2)19-36-24-13-10-9-12-23(24)33-34-36/h6-7,9-10,12-13,20-22,25-28,38H,1-2,8,11,14-19H2,3-5H3/t21?,22-,25-,26+,27+,28?,32?/m1/s1. The molecule has 2 amide bonds. The van der Waals surface area contributed by atoms with E-state index in [-0.39, 0.29) is 61.3 Å². The van der Waals surface area contributed by atoms with Crippen molar-refractivity contribution in [1.82, 2.24) is 24.8 Å². The van der Waals surface area contributed by atoms with Gasteiger partial charge in [-0.05, 0) is 49.7 Å². The lowest BCUT2D eigenvalue weighted by atomic mass is 9.66. The Labute approximate surface area is 257 Å². The third-order valence-corrected chi connectivity index (χ3v) is 11.3. The van der Waals surface area contributed by atoms with Crippen molar-refractivity contribution in [2.75, 3.05) is 19.8 Å². The van der Waals surface area contributed by atoms with Crippen LogP contribution in [-0.2, 0) is 25.8 Å². The van der Waals surface area contributed by atoms with Crippen LogP contribution < -0.4 is 0 Å². The maximum atomic E-state index is 14.9. The van der Waals surface area contributed by atoms with Gasteiger partial charge < -0.3 is 19.6 Å². The van der Waals surface area contributed by atoms with Crippen molar-refractivity contribution in [3.63, 3.8) is 0 Å². The molecule has 4 heterocycles. The Morgan fingerprint density at radius 1 is 1.28 bits per heavy atom. The summed E-state index contributed by atoms with van der Waals surface area (Å²) in [5, 5.41) is 19.0. The number of aliphatic hydroxyl groups is 1. The van der Waals surface area contributed by atoms with Crippen LogP contribution in [0.4, 0.5) is 0 Å². The van der Waals surface area contributed by atoms with E-state index in [2.05, 4.69) is 30.4 Å². The van der Waals surface area contributed by atoms with Crippen molar-refractivity contribution in [3.05, 3.63) is 49.6 Å². The van der Waals surface area contributed by atoms with Crippen molar-refractivity contribution in [2.24, 2.45) is 23.7 Å². The molecule has 43 heavy (non-hydrogen) atoms. The predicted octanol–water partition coefficient (Wildman–Crippen LogP) is 3.66. The van der Waals surface area contributed by atoms with E-state index in [9.17, 15) is 19.5 Å². The van der Waals surface area contributed by atoms with Crippen LogP contribution in [0.3, 0.4) is 0 Å². The number of likely N-dealkylation sites (tertiary alicyclic amines) is 1. The van der Waals surface area contributed by atoms with Gasteiger partial charge in [0.1, 0.15) is 18.2 Å². The molecule has 1 N–H and O–H groups in total. The lowest BCUT2D eigenvalue weighted by molar-refractivity contribution is -0.155. The minimum atomic E-state index is -0.862. The fourth-order valence-electron chi connectivity index (χ4n) is 7.45. The number of benzene rings is 1. The van der Waals surface area contributed by atoms with Crippen LogP contribution in [0.2, 0.25) is 0 Å². The van der Waals surface area contributed by atoms with Gasteiger partial charge in [-0.2, -0.15) is 0 Å². The van der Waals surface area contributed by atoms with E-state index >= 15 is 0 Å². The third kappa shape index (κ3) is 5.39. The fraction of sp³-hybridized carbons (Fsp3) is 0.594. The van der Waals surface area contributed by atoms with Crippen molar-refractivity contribution in [1.29, 1.82) is 0 Å². The molecule has 3 unspecified atom stereocenters. The largest absolute Gasteiger partial charge is 0.465 e. The maximum absolute atomic E-state index is 14.9. The molecule has 3 saturated heterocycles. The van der Waals surface area contributed by atoms with Gasteiger partial charge >= 0.3 is 5.97 Å². The summed E-state index contributed by atoms with van der Waals surface area (Å²) < 4.78 is 6.56. The predicted molar refractivity (Wildman–Crippen MR) is 166 cm³/mol. The molecule has 3 aliphatic rings. The van der Waals surface area contributed by atoms with Gasteiger partial charge in [0.2, 0.25) is 11.8 Å². The number of hydrogen-bond donors (Lipinski definition) is 1. The third-order valence-electron chi connectivity index (χ3n) is 9.22. The molecule has 0 radical (unpaired) electrons. The van der Waals surface area contributed by atoms with E-state index in [1.54, 1.807) is 38.4 Å². The molecule has 1 spiro atoms. The molecule has 3 fully saturated rings. The molecule has 10 nitrogen and oxygen atoms in total. The molecule has 2 bridgehead atoms. The Kier molecular flexibility index (Phi) is 9.31. The van der Waals surface area contributed by atoms with Gasteiger partial charge in [0.25, 0.3) is 0 Å². The molecule has 0 saturated carbocycles. The number of ether oxygens (including phenoxy) is 1. The second-order valence-electron chi connectivity index (χ2n) is 12.4. The summed E-state index contributed by atoms with van der Waals surface area (Å²) in [6.45, 7) is 14.1. The number of esters is 1. The number of carbonyl (C=O) groups excluding carboxylic acids is 3. The summed E-state index contributed by atoms with van der Waals surface area (Å²) in [6, 6.07) is 6.12. The SMILES string of the molecule is C=CCCCOC(=O)[C@@H]1[C@H]2C(=O)N([C@@H](CO)CC(C)C)C(C(=O)N(CC=C)Cn3nnc4ccccc43)C23S[C@@H]1CC3C. The molecule has 3 aliphatic heterocycles. The van der Waals surface area contributed by atoms with Crippen LogP contribution in [0.15, 0.2) is 49.6 Å². The quantitative estimate of drug-likeness (QED) is 0.196. The Morgan fingerprint density at radius 2 is 2.05 bits per heavy atom. The van der Waals surface area contributed by atoms with Gasteiger partial charge in [-0.25, -0.2) is 4.68 Å². The van der Waals surface area contributed by atoms with Crippen LogP contribution in [0.1, 0.15) is 46.5 Å². The van der Waals surface area contributed by atoms with Crippen molar-refractivity contribution < 1.29 is 24.2 Å². The van der Waals surface area contributed by atoms with Crippen molar-refractivity contribution in [3.8, 4) is 0 Å². The molecule has 1 aromatic carbocycles. The number of thioether (sulfide) groups is 1. The summed E-state index contributed by atoms with van der Waals surface area (Å²) in [5.74, 6) is -2.01. The average molecular weight is 610 g/mol. The second kappa shape index (κ2) is 12.8. The summed E-state index contributed by atoms with van der Waals surface area (Å²) in [6.07, 6.45) is 6.09. The number of carbonyl (C=O) groups is 3. The average Bonchev–Trinajstić information content (AvgIpc) is 3.70. The normalized spacial score (nSPS) is 28.3. The van der Waals surface area contributed by atoms with E-state index in [0.717, 1.165) is 17.5 Å². The topological polar surface area (TPSA) is 118 Å². The zero-order chi connectivity index (χ0) is 30.9. The van der Waals surface area contributed by atoms with Gasteiger partial charge in [-0.15, -0.1) is 30.0 Å². The Balaban J connectivity index is 1.54. The van der Waals surface area contributed by atoms with Gasteiger partial charge in [0, 0.05) is 11.8 Å². The smallest absolute Gasteiger partial charge is 0.310 e. The van der Waals surface area contributed by atoms with E-state index in [0.29, 0.717) is 19.3 Å².